The van der Waals surface area contributed by atoms with Crippen molar-refractivity contribution >= 4 is 13.1 Å². The van der Waals surface area contributed by atoms with E-state index < -0.39 is 12.1 Å². The van der Waals surface area contributed by atoms with Crippen LogP contribution in [-0.2, 0) is 14.1 Å². The standard InChI is InChI=1S/C10H22BNO2.C2HF3O2/c1-7(2)8(12)11-13-9(3,4)10(5,6)14-11;3-2(4,5)1(6)7/h7-8H,12H2,1-6H3;(H,6,7). The van der Waals surface area contributed by atoms with Crippen LogP contribution in [-0.4, -0.2) is 41.5 Å². The van der Waals surface area contributed by atoms with Gasteiger partial charge in [-0.05, 0) is 33.6 Å². The van der Waals surface area contributed by atoms with Gasteiger partial charge in [0.15, 0.2) is 0 Å². The smallest absolute Gasteiger partial charge is 0.475 e. The third-order valence-corrected chi connectivity index (χ3v) is 3.60. The molecule has 0 radical (unpaired) electrons. The fraction of sp³-hybridized carbons (Fsp3) is 0.917. The van der Waals surface area contributed by atoms with Crippen LogP contribution in [0.3, 0.4) is 0 Å². The minimum Gasteiger partial charge on any atom is -0.475 e. The molecule has 1 rings (SSSR count). The molecule has 0 aromatic carbocycles. The summed E-state index contributed by atoms with van der Waals surface area (Å²) >= 11 is 0. The number of rotatable bonds is 2. The lowest BCUT2D eigenvalue weighted by Gasteiger charge is -2.32. The summed E-state index contributed by atoms with van der Waals surface area (Å²) in [5.41, 5.74) is 5.47. The second-order valence-electron chi connectivity index (χ2n) is 6.25. The van der Waals surface area contributed by atoms with Gasteiger partial charge in [-0.2, -0.15) is 13.2 Å². The molecule has 9 heteroatoms. The molecule has 0 aromatic heterocycles. The van der Waals surface area contributed by atoms with Gasteiger partial charge in [-0.25, -0.2) is 4.79 Å². The second-order valence-corrected chi connectivity index (χ2v) is 6.25. The van der Waals surface area contributed by atoms with E-state index in [-0.39, 0.29) is 24.3 Å². The van der Waals surface area contributed by atoms with Gasteiger partial charge >= 0.3 is 19.3 Å². The highest BCUT2D eigenvalue weighted by Crippen LogP contribution is 2.37. The molecule has 124 valence electrons. The Morgan fingerprint density at radius 2 is 1.43 bits per heavy atom. The highest BCUT2D eigenvalue weighted by molar-refractivity contribution is 6.47. The van der Waals surface area contributed by atoms with E-state index in [0.717, 1.165) is 0 Å². The second kappa shape index (κ2) is 6.54. The molecule has 1 atom stereocenters. The predicted octanol–water partition coefficient (Wildman–Crippen LogP) is 2.23. The molecule has 0 bridgehead atoms. The molecule has 0 aromatic rings. The lowest BCUT2D eigenvalue weighted by Crippen LogP contribution is -2.45. The van der Waals surface area contributed by atoms with Crippen molar-refractivity contribution in [1.82, 2.24) is 0 Å². The fourth-order valence-corrected chi connectivity index (χ4v) is 1.36. The van der Waals surface area contributed by atoms with Crippen molar-refractivity contribution in [2.45, 2.75) is 64.9 Å². The van der Waals surface area contributed by atoms with Crippen LogP contribution in [0, 0.1) is 5.92 Å². The van der Waals surface area contributed by atoms with Crippen LogP contribution < -0.4 is 5.73 Å². The molecule has 3 N–H and O–H groups in total. The normalized spacial score (nSPS) is 21.8. The number of hydrogen-bond donors (Lipinski definition) is 2. The minimum atomic E-state index is -5.08. The highest BCUT2D eigenvalue weighted by Gasteiger charge is 2.53. The number of hydrogen-bond acceptors (Lipinski definition) is 4. The zero-order chi connectivity index (χ0) is 17.2. The lowest BCUT2D eigenvalue weighted by molar-refractivity contribution is -0.192. The van der Waals surface area contributed by atoms with Crippen LogP contribution >= 0.6 is 0 Å². The molecular weight excluding hydrogens is 290 g/mol. The van der Waals surface area contributed by atoms with Gasteiger partial charge in [0.2, 0.25) is 0 Å². The number of carboxylic acids is 1. The Kier molecular flexibility index (Phi) is 6.29. The summed E-state index contributed by atoms with van der Waals surface area (Å²) in [6, 6.07) is 0. The van der Waals surface area contributed by atoms with Crippen molar-refractivity contribution in [2.24, 2.45) is 11.7 Å². The van der Waals surface area contributed by atoms with E-state index in [4.69, 9.17) is 24.9 Å². The van der Waals surface area contributed by atoms with Crippen molar-refractivity contribution in [3.8, 4) is 0 Å². The Hall–Kier alpha value is -0.795. The highest BCUT2D eigenvalue weighted by atomic mass is 19.4. The van der Waals surface area contributed by atoms with Crippen LogP contribution in [0.15, 0.2) is 0 Å². The number of carbonyl (C=O) groups is 1. The van der Waals surface area contributed by atoms with E-state index >= 15 is 0 Å². The summed E-state index contributed by atoms with van der Waals surface area (Å²) < 4.78 is 43.4. The maximum atomic E-state index is 10.6. The van der Waals surface area contributed by atoms with Crippen LogP contribution in [0.25, 0.3) is 0 Å². The number of nitrogens with two attached hydrogens (primary N) is 1. The third-order valence-electron chi connectivity index (χ3n) is 3.60. The van der Waals surface area contributed by atoms with Gasteiger partial charge in [0.25, 0.3) is 0 Å². The topological polar surface area (TPSA) is 81.8 Å². The molecule has 1 aliphatic rings. The van der Waals surface area contributed by atoms with Crippen molar-refractivity contribution < 1.29 is 32.4 Å². The largest absolute Gasteiger partial charge is 0.490 e. The predicted molar refractivity (Wildman–Crippen MR) is 72.6 cm³/mol. The maximum absolute atomic E-state index is 10.6. The summed E-state index contributed by atoms with van der Waals surface area (Å²) in [5.74, 6) is -2.45. The molecule has 1 saturated heterocycles. The summed E-state index contributed by atoms with van der Waals surface area (Å²) in [4.78, 5) is 8.90. The number of carboxylic acid groups (broad SMARTS) is 1. The summed E-state index contributed by atoms with van der Waals surface area (Å²) in [6.45, 7) is 12.3. The maximum Gasteiger partial charge on any atom is 0.490 e. The average molecular weight is 313 g/mol. The third kappa shape index (κ3) is 5.48. The SMILES string of the molecule is CC(C)C(N)B1OC(C)(C)C(C)(C)O1.O=C(O)C(F)(F)F. The Bertz CT molecular complexity index is 356. The molecule has 5 nitrogen and oxygen atoms in total. The number of halogens is 3. The molecular formula is C12H23BF3NO4. The molecule has 0 aliphatic carbocycles. The van der Waals surface area contributed by atoms with Crippen molar-refractivity contribution in [3.05, 3.63) is 0 Å². The van der Waals surface area contributed by atoms with Crippen LogP contribution in [0.1, 0.15) is 41.5 Å². The van der Waals surface area contributed by atoms with Crippen molar-refractivity contribution in [2.75, 3.05) is 0 Å². The van der Waals surface area contributed by atoms with Crippen LogP contribution in [0.2, 0.25) is 0 Å². The first-order valence-corrected chi connectivity index (χ1v) is 6.53. The molecule has 0 amide bonds. The molecule has 0 spiro atoms. The molecule has 1 fully saturated rings. The first-order chi connectivity index (χ1) is 9.12. The van der Waals surface area contributed by atoms with Gasteiger partial charge in [0, 0.05) is 5.94 Å². The van der Waals surface area contributed by atoms with E-state index in [1.54, 1.807) is 0 Å². The fourth-order valence-electron chi connectivity index (χ4n) is 1.36. The molecule has 1 aliphatic heterocycles. The van der Waals surface area contributed by atoms with E-state index in [0.29, 0.717) is 5.92 Å². The molecule has 0 saturated carbocycles. The zero-order valence-electron chi connectivity index (χ0n) is 13.1. The molecule has 1 unspecified atom stereocenters. The van der Waals surface area contributed by atoms with Gasteiger partial charge in [-0.1, -0.05) is 13.8 Å². The quantitative estimate of drug-likeness (QED) is 0.764. The summed E-state index contributed by atoms with van der Waals surface area (Å²) in [5, 5.41) is 7.12. The number of alkyl halides is 3. The van der Waals surface area contributed by atoms with Gasteiger partial charge < -0.3 is 20.1 Å². The van der Waals surface area contributed by atoms with Crippen LogP contribution in [0.5, 0.6) is 0 Å². The van der Waals surface area contributed by atoms with E-state index in [9.17, 15) is 13.2 Å². The van der Waals surface area contributed by atoms with Gasteiger partial charge in [-0.3, -0.25) is 0 Å². The van der Waals surface area contributed by atoms with Gasteiger partial charge in [0.1, 0.15) is 0 Å². The monoisotopic (exact) mass is 313 g/mol. The Labute approximate surface area is 123 Å². The number of aliphatic carboxylic acids is 1. The lowest BCUT2D eigenvalue weighted by atomic mass is 9.73. The summed E-state index contributed by atoms with van der Waals surface area (Å²) in [7, 11) is -0.278. The van der Waals surface area contributed by atoms with E-state index in [2.05, 4.69) is 13.8 Å². The van der Waals surface area contributed by atoms with Gasteiger partial charge in [0.05, 0.1) is 11.2 Å². The van der Waals surface area contributed by atoms with E-state index in [1.165, 1.54) is 0 Å². The van der Waals surface area contributed by atoms with E-state index in [1.807, 2.05) is 27.7 Å². The van der Waals surface area contributed by atoms with Crippen LogP contribution in [0.4, 0.5) is 13.2 Å². The average Bonchev–Trinajstić information content (AvgIpc) is 2.46. The minimum absolute atomic E-state index is 0.0592. The first-order valence-electron chi connectivity index (χ1n) is 6.53. The first kappa shape index (κ1) is 20.2. The molecule has 1 heterocycles. The Morgan fingerprint density at radius 1 is 1.14 bits per heavy atom. The van der Waals surface area contributed by atoms with Crippen molar-refractivity contribution in [3.63, 3.8) is 0 Å². The van der Waals surface area contributed by atoms with Crippen molar-refractivity contribution in [1.29, 1.82) is 0 Å². The zero-order valence-corrected chi connectivity index (χ0v) is 13.1. The summed E-state index contributed by atoms with van der Waals surface area (Å²) in [6.07, 6.45) is -5.08. The molecule has 21 heavy (non-hydrogen) atoms. The Morgan fingerprint density at radius 3 is 1.62 bits per heavy atom. The Balaban J connectivity index is 0.000000486. The van der Waals surface area contributed by atoms with Gasteiger partial charge in [-0.15, -0.1) is 0 Å².